The van der Waals surface area contributed by atoms with E-state index in [-0.39, 0.29) is 11.7 Å². The van der Waals surface area contributed by atoms with E-state index in [0.717, 1.165) is 13.1 Å². The number of nitrogens with zero attached hydrogens (tertiary/aromatic N) is 4. The molecule has 0 unspecified atom stereocenters. The topological polar surface area (TPSA) is 71.2 Å². The summed E-state index contributed by atoms with van der Waals surface area (Å²) >= 11 is 0. The number of carboxylic acid groups (broad SMARTS) is 1. The smallest absolute Gasteiger partial charge is 0.358 e. The van der Waals surface area contributed by atoms with Crippen molar-refractivity contribution in [3.05, 3.63) is 11.9 Å². The Labute approximate surface area is 126 Å². The average Bonchev–Trinajstić information content (AvgIpc) is 2.74. The first-order valence-electron chi connectivity index (χ1n) is 7.76. The molecule has 1 N–H and O–H groups in total. The second kappa shape index (κ2) is 6.56. The highest BCUT2D eigenvalue weighted by Gasteiger charge is 2.34. The Kier molecular flexibility index (Phi) is 4.98. The maximum Gasteiger partial charge on any atom is 0.358 e. The van der Waals surface area contributed by atoms with E-state index < -0.39 is 5.97 Å². The van der Waals surface area contributed by atoms with Gasteiger partial charge in [0.15, 0.2) is 5.69 Å². The van der Waals surface area contributed by atoms with E-state index in [0.29, 0.717) is 17.9 Å². The number of rotatable bonds is 7. The van der Waals surface area contributed by atoms with Gasteiger partial charge in [-0.2, -0.15) is 0 Å². The molecule has 1 saturated heterocycles. The van der Waals surface area contributed by atoms with Gasteiger partial charge in [-0.15, -0.1) is 5.10 Å². The number of carboxylic acids is 1. The molecule has 1 aliphatic rings. The Morgan fingerprint density at radius 2 is 1.86 bits per heavy atom. The number of aromatic carboxylic acids is 1. The predicted molar refractivity (Wildman–Crippen MR) is 80.3 cm³/mol. The lowest BCUT2D eigenvalue weighted by Crippen LogP contribution is -2.53. The monoisotopic (exact) mass is 294 g/mol. The van der Waals surface area contributed by atoms with E-state index in [1.54, 1.807) is 4.68 Å². The van der Waals surface area contributed by atoms with Gasteiger partial charge in [-0.1, -0.05) is 32.9 Å². The molecule has 0 radical (unpaired) electrons. The van der Waals surface area contributed by atoms with Crippen molar-refractivity contribution in [2.45, 2.75) is 52.6 Å². The van der Waals surface area contributed by atoms with Crippen LogP contribution < -0.4 is 0 Å². The van der Waals surface area contributed by atoms with Crippen LogP contribution in [0.25, 0.3) is 0 Å². The molecule has 1 aromatic heterocycles. The average molecular weight is 294 g/mol. The van der Waals surface area contributed by atoms with E-state index in [2.05, 4.69) is 42.9 Å². The molecule has 1 aromatic rings. The van der Waals surface area contributed by atoms with E-state index in [9.17, 15) is 4.79 Å². The van der Waals surface area contributed by atoms with Crippen molar-refractivity contribution in [2.24, 2.45) is 11.8 Å². The lowest BCUT2D eigenvalue weighted by atomic mass is 9.91. The first kappa shape index (κ1) is 15.9. The third-order valence-corrected chi connectivity index (χ3v) is 4.00. The Morgan fingerprint density at radius 3 is 2.29 bits per heavy atom. The molecule has 118 valence electrons. The highest BCUT2D eigenvalue weighted by molar-refractivity contribution is 5.84. The zero-order valence-corrected chi connectivity index (χ0v) is 13.4. The molecule has 0 amide bonds. The summed E-state index contributed by atoms with van der Waals surface area (Å²) in [5.74, 6) is 0.366. The van der Waals surface area contributed by atoms with Gasteiger partial charge in [0.1, 0.15) is 0 Å². The largest absolute Gasteiger partial charge is 0.476 e. The molecule has 0 aromatic carbocycles. The summed E-state index contributed by atoms with van der Waals surface area (Å²) in [7, 11) is 0. The molecule has 21 heavy (non-hydrogen) atoms. The summed E-state index contributed by atoms with van der Waals surface area (Å²) < 4.78 is 1.70. The fourth-order valence-corrected chi connectivity index (χ4v) is 2.99. The van der Waals surface area contributed by atoms with E-state index in [1.807, 2.05) is 0 Å². The zero-order chi connectivity index (χ0) is 15.6. The van der Waals surface area contributed by atoms with Gasteiger partial charge in [0.25, 0.3) is 0 Å². The molecule has 0 aliphatic carbocycles. The molecule has 6 heteroatoms. The fraction of sp³-hybridized carbons (Fsp3) is 0.800. The van der Waals surface area contributed by atoms with Crippen LogP contribution in [0.15, 0.2) is 6.20 Å². The van der Waals surface area contributed by atoms with Crippen molar-refractivity contribution in [1.82, 2.24) is 19.9 Å². The van der Waals surface area contributed by atoms with Crippen LogP contribution >= 0.6 is 0 Å². The first-order valence-corrected chi connectivity index (χ1v) is 7.76. The lowest BCUT2D eigenvalue weighted by Gasteiger charge is -2.45. The summed E-state index contributed by atoms with van der Waals surface area (Å²) in [4.78, 5) is 13.3. The van der Waals surface area contributed by atoms with E-state index >= 15 is 0 Å². The van der Waals surface area contributed by atoms with Crippen LogP contribution in [0.4, 0.5) is 0 Å². The minimum Gasteiger partial charge on any atom is -0.476 e. The van der Waals surface area contributed by atoms with Crippen LogP contribution in [-0.2, 0) is 0 Å². The molecule has 1 aliphatic heterocycles. The van der Waals surface area contributed by atoms with Crippen molar-refractivity contribution < 1.29 is 9.90 Å². The van der Waals surface area contributed by atoms with Gasteiger partial charge in [-0.3, -0.25) is 4.90 Å². The van der Waals surface area contributed by atoms with Crippen LogP contribution in [-0.4, -0.2) is 50.1 Å². The minimum absolute atomic E-state index is 0.0226. The lowest BCUT2D eigenvalue weighted by molar-refractivity contribution is 0.0332. The second-order valence-electron chi connectivity index (χ2n) is 6.91. The predicted octanol–water partition coefficient (Wildman–Crippen LogP) is 2.29. The van der Waals surface area contributed by atoms with Crippen LogP contribution in [0.2, 0.25) is 0 Å². The van der Waals surface area contributed by atoms with E-state index in [4.69, 9.17) is 5.11 Å². The number of aromatic nitrogens is 3. The van der Waals surface area contributed by atoms with Gasteiger partial charge < -0.3 is 5.11 Å². The molecule has 1 fully saturated rings. The van der Waals surface area contributed by atoms with Gasteiger partial charge in [-0.25, -0.2) is 9.48 Å². The third-order valence-electron chi connectivity index (χ3n) is 4.00. The summed E-state index contributed by atoms with van der Waals surface area (Å²) in [5, 5.41) is 16.5. The number of likely N-dealkylation sites (tertiary alicyclic amines) is 1. The van der Waals surface area contributed by atoms with Crippen LogP contribution in [0.5, 0.6) is 0 Å². The van der Waals surface area contributed by atoms with Crippen molar-refractivity contribution in [2.75, 3.05) is 13.1 Å². The SMILES string of the molecule is CC(C)CC(CC(C)C)N1CC(n2cc(C(=O)O)nn2)C1. The molecule has 0 bridgehead atoms. The number of carbonyl (C=O) groups is 1. The Morgan fingerprint density at radius 1 is 1.29 bits per heavy atom. The minimum atomic E-state index is -1.02. The molecule has 6 nitrogen and oxygen atoms in total. The first-order chi connectivity index (χ1) is 9.86. The summed E-state index contributed by atoms with van der Waals surface area (Å²) in [6, 6.07) is 0.871. The third kappa shape index (κ3) is 4.03. The standard InChI is InChI=1S/C15H26N4O2/c1-10(2)5-12(6-11(3)4)18-7-13(8-18)19-9-14(15(20)21)16-17-19/h9-13H,5-8H2,1-4H3,(H,20,21). The van der Waals surface area contributed by atoms with Crippen LogP contribution in [0.3, 0.4) is 0 Å². The molecule has 2 heterocycles. The molecule has 0 spiro atoms. The van der Waals surface area contributed by atoms with E-state index in [1.165, 1.54) is 19.0 Å². The van der Waals surface area contributed by atoms with Gasteiger partial charge in [0, 0.05) is 19.1 Å². The molecule has 0 saturated carbocycles. The Balaban J connectivity index is 1.91. The van der Waals surface area contributed by atoms with Gasteiger partial charge in [0.2, 0.25) is 0 Å². The molecular weight excluding hydrogens is 268 g/mol. The molecular formula is C15H26N4O2. The maximum absolute atomic E-state index is 10.8. The summed E-state index contributed by atoms with van der Waals surface area (Å²) in [6.07, 6.45) is 3.95. The maximum atomic E-state index is 10.8. The molecule has 0 atom stereocenters. The zero-order valence-electron chi connectivity index (χ0n) is 13.4. The fourth-order valence-electron chi connectivity index (χ4n) is 2.99. The van der Waals surface area contributed by atoms with Crippen molar-refractivity contribution >= 4 is 5.97 Å². The van der Waals surface area contributed by atoms with Gasteiger partial charge in [0.05, 0.1) is 12.2 Å². The van der Waals surface area contributed by atoms with Crippen molar-refractivity contribution in [3.63, 3.8) is 0 Å². The van der Waals surface area contributed by atoms with Crippen LogP contribution in [0.1, 0.15) is 57.1 Å². The number of hydrogen-bond donors (Lipinski definition) is 1. The van der Waals surface area contributed by atoms with Crippen LogP contribution in [0, 0.1) is 11.8 Å². The van der Waals surface area contributed by atoms with Crippen molar-refractivity contribution in [1.29, 1.82) is 0 Å². The normalized spacial score (nSPS) is 16.9. The number of hydrogen-bond acceptors (Lipinski definition) is 4. The summed E-state index contributed by atoms with van der Waals surface area (Å²) in [5.41, 5.74) is 0.0226. The quantitative estimate of drug-likeness (QED) is 0.835. The highest BCUT2D eigenvalue weighted by atomic mass is 16.4. The van der Waals surface area contributed by atoms with Gasteiger partial charge in [-0.05, 0) is 24.7 Å². The Bertz CT molecular complexity index is 468. The van der Waals surface area contributed by atoms with Gasteiger partial charge >= 0.3 is 5.97 Å². The van der Waals surface area contributed by atoms with Crippen molar-refractivity contribution in [3.8, 4) is 0 Å². The Hall–Kier alpha value is -1.43. The molecule has 2 rings (SSSR count). The second-order valence-corrected chi connectivity index (χ2v) is 6.91. The summed E-state index contributed by atoms with van der Waals surface area (Å²) in [6.45, 7) is 10.9. The highest BCUT2D eigenvalue weighted by Crippen LogP contribution is 2.28.